The van der Waals surface area contributed by atoms with Gasteiger partial charge >= 0.3 is 0 Å². The first kappa shape index (κ1) is 12.6. The summed E-state index contributed by atoms with van der Waals surface area (Å²) in [5, 5.41) is 3.47. The van der Waals surface area contributed by atoms with Crippen LogP contribution < -0.4 is 5.32 Å². The summed E-state index contributed by atoms with van der Waals surface area (Å²) >= 11 is 0. The first-order valence-electron chi connectivity index (χ1n) is 6.66. The van der Waals surface area contributed by atoms with E-state index >= 15 is 0 Å². The monoisotopic (exact) mass is 233 g/mol. The number of nitrogens with one attached hydrogen (secondary N) is 1. The molecular weight excluding hydrogens is 210 g/mol. The van der Waals surface area contributed by atoms with Crippen molar-refractivity contribution < 1.29 is 4.74 Å². The first-order valence-corrected chi connectivity index (χ1v) is 6.66. The molecule has 94 valence electrons. The van der Waals surface area contributed by atoms with Crippen LogP contribution in [0.1, 0.15) is 30.0 Å². The maximum Gasteiger partial charge on any atom is 0.0619 e. The third-order valence-corrected chi connectivity index (χ3v) is 3.51. The smallest absolute Gasteiger partial charge is 0.0619 e. The lowest BCUT2D eigenvalue weighted by atomic mass is 10.0. The normalized spacial score (nSPS) is 15.9. The van der Waals surface area contributed by atoms with Crippen molar-refractivity contribution in [3.63, 3.8) is 0 Å². The van der Waals surface area contributed by atoms with Crippen LogP contribution >= 0.6 is 0 Å². The molecule has 0 radical (unpaired) electrons. The van der Waals surface area contributed by atoms with E-state index in [4.69, 9.17) is 4.74 Å². The molecular formula is C15H23NO. The molecule has 2 heteroatoms. The number of methoxy groups -OCH3 is 1. The van der Waals surface area contributed by atoms with E-state index in [1.165, 1.54) is 24.8 Å². The molecule has 1 aliphatic carbocycles. The predicted octanol–water partition coefficient (Wildman–Crippen LogP) is 2.34. The molecule has 0 saturated heterocycles. The van der Waals surface area contributed by atoms with E-state index in [1.807, 2.05) is 0 Å². The predicted molar refractivity (Wildman–Crippen MR) is 71.5 cm³/mol. The molecule has 0 bridgehead atoms. The lowest BCUT2D eigenvalue weighted by molar-refractivity contribution is 0.167. The van der Waals surface area contributed by atoms with Gasteiger partial charge in [0.2, 0.25) is 0 Å². The number of aryl methyl sites for hydroxylation is 2. The van der Waals surface area contributed by atoms with Gasteiger partial charge in [0, 0.05) is 13.2 Å². The van der Waals surface area contributed by atoms with Gasteiger partial charge in [-0.1, -0.05) is 25.1 Å². The van der Waals surface area contributed by atoms with Gasteiger partial charge in [-0.05, 0) is 48.9 Å². The second-order valence-electron chi connectivity index (χ2n) is 4.87. The molecule has 0 fully saturated rings. The molecule has 1 atom stereocenters. The molecule has 0 aromatic heterocycles. The van der Waals surface area contributed by atoms with Crippen molar-refractivity contribution in [2.75, 3.05) is 20.3 Å². The summed E-state index contributed by atoms with van der Waals surface area (Å²) in [6.07, 6.45) is 4.92. The van der Waals surface area contributed by atoms with Crippen LogP contribution in [0.5, 0.6) is 0 Å². The molecule has 17 heavy (non-hydrogen) atoms. The van der Waals surface area contributed by atoms with Gasteiger partial charge in [-0.15, -0.1) is 0 Å². The van der Waals surface area contributed by atoms with Gasteiger partial charge in [-0.25, -0.2) is 0 Å². The Hall–Kier alpha value is -0.860. The fraction of sp³-hybridized carbons (Fsp3) is 0.600. The van der Waals surface area contributed by atoms with E-state index in [1.54, 1.807) is 18.2 Å². The number of likely N-dealkylation sites (N-methyl/N-ethyl adjacent to an activating group) is 1. The Morgan fingerprint density at radius 3 is 2.88 bits per heavy atom. The number of benzene rings is 1. The van der Waals surface area contributed by atoms with Crippen molar-refractivity contribution >= 4 is 0 Å². The minimum Gasteiger partial charge on any atom is -0.383 e. The average molecular weight is 233 g/mol. The number of hydrogen-bond donors (Lipinski definition) is 1. The fourth-order valence-electron chi connectivity index (χ4n) is 2.72. The number of fused-ring (bicyclic) bond motifs is 1. The third kappa shape index (κ3) is 3.30. The lowest BCUT2D eigenvalue weighted by Gasteiger charge is -2.17. The molecule has 1 aromatic rings. The number of hydrogen-bond acceptors (Lipinski definition) is 2. The van der Waals surface area contributed by atoms with Gasteiger partial charge in [-0.2, -0.15) is 0 Å². The van der Waals surface area contributed by atoms with Crippen LogP contribution in [-0.4, -0.2) is 26.3 Å². The summed E-state index contributed by atoms with van der Waals surface area (Å²) in [7, 11) is 1.77. The van der Waals surface area contributed by atoms with E-state index < -0.39 is 0 Å². The molecule has 1 aromatic carbocycles. The van der Waals surface area contributed by atoms with Crippen molar-refractivity contribution in [1.29, 1.82) is 0 Å². The highest BCUT2D eigenvalue weighted by Crippen LogP contribution is 2.23. The molecule has 2 nitrogen and oxygen atoms in total. The number of rotatable bonds is 6. The van der Waals surface area contributed by atoms with Crippen LogP contribution in [0.15, 0.2) is 18.2 Å². The lowest BCUT2D eigenvalue weighted by Crippen LogP contribution is -2.35. The Balaban J connectivity index is 2.01. The molecule has 1 unspecified atom stereocenters. The van der Waals surface area contributed by atoms with Gasteiger partial charge in [0.25, 0.3) is 0 Å². The molecule has 2 rings (SSSR count). The van der Waals surface area contributed by atoms with Crippen molar-refractivity contribution in [2.45, 2.75) is 38.6 Å². The van der Waals surface area contributed by atoms with Crippen molar-refractivity contribution in [3.05, 3.63) is 34.9 Å². The van der Waals surface area contributed by atoms with Crippen LogP contribution in [0.4, 0.5) is 0 Å². The van der Waals surface area contributed by atoms with Crippen molar-refractivity contribution in [1.82, 2.24) is 5.32 Å². The number of ether oxygens (including phenoxy) is 1. The molecule has 0 aliphatic heterocycles. The highest BCUT2D eigenvalue weighted by molar-refractivity contribution is 5.35. The largest absolute Gasteiger partial charge is 0.383 e. The maximum atomic E-state index is 5.26. The van der Waals surface area contributed by atoms with E-state index in [-0.39, 0.29) is 0 Å². The summed E-state index contributed by atoms with van der Waals surface area (Å²) in [5.41, 5.74) is 4.56. The molecule has 0 heterocycles. The summed E-state index contributed by atoms with van der Waals surface area (Å²) in [6.45, 7) is 3.93. The second-order valence-corrected chi connectivity index (χ2v) is 4.87. The standard InChI is InChI=1S/C15H23NO/c1-3-16-15(11-17-2)10-12-7-8-13-5-4-6-14(13)9-12/h7-9,15-16H,3-6,10-11H2,1-2H3. The van der Waals surface area contributed by atoms with Gasteiger partial charge in [-0.3, -0.25) is 0 Å². The topological polar surface area (TPSA) is 21.3 Å². The van der Waals surface area contributed by atoms with Crippen LogP contribution in [0, 0.1) is 0 Å². The zero-order chi connectivity index (χ0) is 12.1. The van der Waals surface area contributed by atoms with Crippen LogP contribution in [-0.2, 0) is 24.0 Å². The Morgan fingerprint density at radius 1 is 1.29 bits per heavy atom. The Labute approximate surface area is 104 Å². The first-order chi connectivity index (χ1) is 8.33. The summed E-state index contributed by atoms with van der Waals surface area (Å²) in [6, 6.07) is 7.42. The van der Waals surface area contributed by atoms with Gasteiger partial charge in [0.05, 0.1) is 6.61 Å². The zero-order valence-electron chi connectivity index (χ0n) is 11.0. The van der Waals surface area contributed by atoms with E-state index in [0.29, 0.717) is 6.04 Å². The van der Waals surface area contributed by atoms with Gasteiger partial charge < -0.3 is 10.1 Å². The quantitative estimate of drug-likeness (QED) is 0.814. The Bertz CT molecular complexity index is 356. The Kier molecular flexibility index (Phi) is 4.57. The van der Waals surface area contributed by atoms with E-state index in [2.05, 4.69) is 30.4 Å². The van der Waals surface area contributed by atoms with E-state index in [0.717, 1.165) is 19.6 Å². The minimum absolute atomic E-state index is 0.435. The average Bonchev–Trinajstić information content (AvgIpc) is 2.77. The molecule has 1 aliphatic rings. The molecule has 0 spiro atoms. The summed E-state index contributed by atoms with van der Waals surface area (Å²) in [5.74, 6) is 0. The minimum atomic E-state index is 0.435. The van der Waals surface area contributed by atoms with Crippen molar-refractivity contribution in [2.24, 2.45) is 0 Å². The molecule has 0 saturated carbocycles. The van der Waals surface area contributed by atoms with E-state index in [9.17, 15) is 0 Å². The highest BCUT2D eigenvalue weighted by atomic mass is 16.5. The van der Waals surface area contributed by atoms with Gasteiger partial charge in [0.15, 0.2) is 0 Å². The van der Waals surface area contributed by atoms with Gasteiger partial charge in [0.1, 0.15) is 0 Å². The van der Waals surface area contributed by atoms with Crippen molar-refractivity contribution in [3.8, 4) is 0 Å². The Morgan fingerprint density at radius 2 is 2.12 bits per heavy atom. The highest BCUT2D eigenvalue weighted by Gasteiger charge is 2.13. The molecule has 0 amide bonds. The zero-order valence-corrected chi connectivity index (χ0v) is 11.0. The van der Waals surface area contributed by atoms with Crippen LogP contribution in [0.3, 0.4) is 0 Å². The van der Waals surface area contributed by atoms with Crippen LogP contribution in [0.2, 0.25) is 0 Å². The molecule has 1 N–H and O–H groups in total. The third-order valence-electron chi connectivity index (χ3n) is 3.51. The summed E-state index contributed by atoms with van der Waals surface area (Å²) in [4.78, 5) is 0. The SMILES string of the molecule is CCNC(COC)Cc1ccc2c(c1)CCC2. The second kappa shape index (κ2) is 6.18. The fourth-order valence-corrected chi connectivity index (χ4v) is 2.72. The summed E-state index contributed by atoms with van der Waals surface area (Å²) < 4.78 is 5.26. The van der Waals surface area contributed by atoms with Crippen LogP contribution in [0.25, 0.3) is 0 Å². The maximum absolute atomic E-state index is 5.26.